The summed E-state index contributed by atoms with van der Waals surface area (Å²) in [5.74, 6) is -0.263. The molecule has 0 aliphatic carbocycles. The highest BCUT2D eigenvalue weighted by Gasteiger charge is 2.27. The lowest BCUT2D eigenvalue weighted by atomic mass is 9.92. The van der Waals surface area contributed by atoms with E-state index in [4.69, 9.17) is 17.3 Å². The van der Waals surface area contributed by atoms with Crippen molar-refractivity contribution in [1.82, 2.24) is 4.90 Å². The fourth-order valence-electron chi connectivity index (χ4n) is 2.46. The van der Waals surface area contributed by atoms with Gasteiger partial charge in [0.25, 0.3) is 5.91 Å². The highest BCUT2D eigenvalue weighted by Crippen LogP contribution is 2.24. The quantitative estimate of drug-likeness (QED) is 0.907. The van der Waals surface area contributed by atoms with Gasteiger partial charge in [-0.1, -0.05) is 11.6 Å². The molecule has 1 saturated heterocycles. The maximum Gasteiger partial charge on any atom is 0.255 e. The highest BCUT2D eigenvalue weighted by atomic mass is 35.5. The van der Waals surface area contributed by atoms with E-state index < -0.39 is 5.82 Å². The molecule has 1 aromatic carbocycles. The smallest absolute Gasteiger partial charge is 0.255 e. The van der Waals surface area contributed by atoms with Crippen LogP contribution in [0.4, 0.5) is 4.39 Å². The number of hydrogen-bond acceptors (Lipinski definition) is 2. The standard InChI is InChI=1S/C14H18ClFN2O/c1-9(17)10-3-2-6-18(8-10)14(19)12-5-4-11(16)7-13(12)15/h4-5,7,9-10H,2-3,6,8,17H2,1H3. The number of piperidine rings is 1. The maximum atomic E-state index is 13.0. The minimum absolute atomic E-state index is 0.0688. The summed E-state index contributed by atoms with van der Waals surface area (Å²) in [5, 5.41) is 0.160. The van der Waals surface area contributed by atoms with Gasteiger partial charge >= 0.3 is 0 Å². The first kappa shape index (κ1) is 14.3. The van der Waals surface area contributed by atoms with Gasteiger partial charge in [-0.25, -0.2) is 4.39 Å². The SMILES string of the molecule is CC(N)C1CCCN(C(=O)c2ccc(F)cc2Cl)C1. The summed E-state index contributed by atoms with van der Waals surface area (Å²) < 4.78 is 13.0. The summed E-state index contributed by atoms with van der Waals surface area (Å²) in [6.07, 6.45) is 1.98. The lowest BCUT2D eigenvalue weighted by Crippen LogP contribution is -2.45. The van der Waals surface area contributed by atoms with E-state index in [-0.39, 0.29) is 17.0 Å². The van der Waals surface area contributed by atoms with Gasteiger partial charge in [-0.3, -0.25) is 4.79 Å². The Morgan fingerprint density at radius 1 is 1.58 bits per heavy atom. The molecule has 2 rings (SSSR count). The number of hydrogen-bond donors (Lipinski definition) is 1. The van der Waals surface area contributed by atoms with Crippen molar-refractivity contribution in [3.8, 4) is 0 Å². The number of likely N-dealkylation sites (tertiary alicyclic amines) is 1. The van der Waals surface area contributed by atoms with Crippen molar-refractivity contribution >= 4 is 17.5 Å². The molecule has 104 valence electrons. The van der Waals surface area contributed by atoms with Gasteiger partial charge in [0.15, 0.2) is 0 Å². The molecule has 19 heavy (non-hydrogen) atoms. The van der Waals surface area contributed by atoms with Crippen LogP contribution in [0.15, 0.2) is 18.2 Å². The molecule has 1 amide bonds. The summed E-state index contributed by atoms with van der Waals surface area (Å²) in [6.45, 7) is 3.31. The van der Waals surface area contributed by atoms with Crippen molar-refractivity contribution < 1.29 is 9.18 Å². The highest BCUT2D eigenvalue weighted by molar-refractivity contribution is 6.33. The van der Waals surface area contributed by atoms with Crippen LogP contribution in [-0.2, 0) is 0 Å². The number of amides is 1. The molecule has 0 bridgehead atoms. The molecular weight excluding hydrogens is 267 g/mol. The van der Waals surface area contributed by atoms with Crippen LogP contribution >= 0.6 is 11.6 Å². The van der Waals surface area contributed by atoms with Crippen LogP contribution in [0, 0.1) is 11.7 Å². The van der Waals surface area contributed by atoms with Crippen molar-refractivity contribution in [2.75, 3.05) is 13.1 Å². The van der Waals surface area contributed by atoms with Gasteiger partial charge < -0.3 is 10.6 Å². The summed E-state index contributed by atoms with van der Waals surface area (Å²) >= 11 is 5.93. The second-order valence-corrected chi connectivity index (χ2v) is 5.54. The van der Waals surface area contributed by atoms with Gasteiger partial charge in [-0.05, 0) is 43.9 Å². The summed E-state index contributed by atoms with van der Waals surface area (Å²) in [7, 11) is 0. The van der Waals surface area contributed by atoms with E-state index in [0.29, 0.717) is 24.6 Å². The fourth-order valence-corrected chi connectivity index (χ4v) is 2.70. The minimum atomic E-state index is -0.436. The monoisotopic (exact) mass is 284 g/mol. The van der Waals surface area contributed by atoms with Crippen LogP contribution in [0.2, 0.25) is 5.02 Å². The molecule has 1 aliphatic rings. The number of rotatable bonds is 2. The van der Waals surface area contributed by atoms with E-state index in [1.807, 2.05) is 6.92 Å². The Morgan fingerprint density at radius 2 is 2.32 bits per heavy atom. The molecule has 1 fully saturated rings. The van der Waals surface area contributed by atoms with Gasteiger partial charge in [0.05, 0.1) is 10.6 Å². The molecule has 3 nitrogen and oxygen atoms in total. The molecule has 5 heteroatoms. The van der Waals surface area contributed by atoms with Crippen LogP contribution in [0.3, 0.4) is 0 Å². The Morgan fingerprint density at radius 3 is 2.95 bits per heavy atom. The molecule has 0 radical (unpaired) electrons. The Balaban J connectivity index is 2.15. The van der Waals surface area contributed by atoms with Gasteiger partial charge in [0.1, 0.15) is 5.82 Å². The van der Waals surface area contributed by atoms with Crippen LogP contribution in [0.1, 0.15) is 30.1 Å². The van der Waals surface area contributed by atoms with Crippen LogP contribution in [-0.4, -0.2) is 29.9 Å². The largest absolute Gasteiger partial charge is 0.338 e. The molecule has 0 spiro atoms. The van der Waals surface area contributed by atoms with Crippen LogP contribution in [0.25, 0.3) is 0 Å². The van der Waals surface area contributed by atoms with Crippen LogP contribution in [0.5, 0.6) is 0 Å². The molecule has 1 heterocycles. The van der Waals surface area contributed by atoms with E-state index in [1.165, 1.54) is 18.2 Å². The Hall–Kier alpha value is -1.13. The lowest BCUT2D eigenvalue weighted by molar-refractivity contribution is 0.0661. The predicted octanol–water partition coefficient (Wildman–Crippen LogP) is 2.68. The van der Waals surface area contributed by atoms with Crippen molar-refractivity contribution in [2.45, 2.75) is 25.8 Å². The average Bonchev–Trinajstić information content (AvgIpc) is 2.38. The Kier molecular flexibility index (Phi) is 4.42. The van der Waals surface area contributed by atoms with Crippen molar-refractivity contribution in [3.63, 3.8) is 0 Å². The van der Waals surface area contributed by atoms with Crippen LogP contribution < -0.4 is 5.73 Å². The lowest BCUT2D eigenvalue weighted by Gasteiger charge is -2.34. The van der Waals surface area contributed by atoms with Crippen molar-refractivity contribution in [1.29, 1.82) is 0 Å². The predicted molar refractivity (Wildman–Crippen MR) is 73.7 cm³/mol. The molecule has 1 aromatic rings. The van der Waals surface area contributed by atoms with Gasteiger partial charge in [-0.15, -0.1) is 0 Å². The third-order valence-corrected chi connectivity index (χ3v) is 3.96. The molecule has 2 unspecified atom stereocenters. The zero-order valence-corrected chi connectivity index (χ0v) is 11.7. The van der Waals surface area contributed by atoms with Gasteiger partial charge in [-0.2, -0.15) is 0 Å². The number of carbonyl (C=O) groups excluding carboxylic acids is 1. The van der Waals surface area contributed by atoms with Gasteiger partial charge in [0, 0.05) is 19.1 Å². The second kappa shape index (κ2) is 5.88. The zero-order chi connectivity index (χ0) is 14.0. The normalized spacial score (nSPS) is 21.3. The number of nitrogens with two attached hydrogens (primary N) is 1. The van der Waals surface area contributed by atoms with Gasteiger partial charge in [0.2, 0.25) is 0 Å². The van der Waals surface area contributed by atoms with E-state index in [9.17, 15) is 9.18 Å². The van der Waals surface area contributed by atoms with E-state index in [0.717, 1.165) is 12.8 Å². The first-order valence-corrected chi connectivity index (χ1v) is 6.86. The molecule has 2 atom stereocenters. The fraction of sp³-hybridized carbons (Fsp3) is 0.500. The average molecular weight is 285 g/mol. The summed E-state index contributed by atoms with van der Waals surface area (Å²) in [6, 6.07) is 3.93. The maximum absolute atomic E-state index is 13.0. The third-order valence-electron chi connectivity index (χ3n) is 3.65. The second-order valence-electron chi connectivity index (χ2n) is 5.14. The summed E-state index contributed by atoms with van der Waals surface area (Å²) in [5.41, 5.74) is 6.26. The molecule has 2 N–H and O–H groups in total. The summed E-state index contributed by atoms with van der Waals surface area (Å²) in [4.78, 5) is 14.1. The molecule has 1 aliphatic heterocycles. The molecule has 0 aromatic heterocycles. The zero-order valence-electron chi connectivity index (χ0n) is 10.9. The number of nitrogens with zero attached hydrogens (tertiary/aromatic N) is 1. The first-order valence-electron chi connectivity index (χ1n) is 6.49. The Bertz CT molecular complexity index is 479. The first-order chi connectivity index (χ1) is 8.99. The Labute approximate surface area is 117 Å². The number of halogens is 2. The van der Waals surface area contributed by atoms with Crippen molar-refractivity contribution in [2.24, 2.45) is 11.7 Å². The topological polar surface area (TPSA) is 46.3 Å². The van der Waals surface area contributed by atoms with E-state index in [1.54, 1.807) is 4.90 Å². The van der Waals surface area contributed by atoms with E-state index >= 15 is 0 Å². The molecular formula is C14H18ClFN2O. The van der Waals surface area contributed by atoms with Crippen molar-refractivity contribution in [3.05, 3.63) is 34.6 Å². The minimum Gasteiger partial charge on any atom is -0.338 e. The molecule has 0 saturated carbocycles. The number of carbonyl (C=O) groups is 1. The third kappa shape index (κ3) is 3.25. The number of benzene rings is 1. The van der Waals surface area contributed by atoms with E-state index in [2.05, 4.69) is 0 Å².